The number of hydrogen-bond acceptors (Lipinski definition) is 5. The predicted octanol–water partition coefficient (Wildman–Crippen LogP) is 3.75. The van der Waals surface area contributed by atoms with E-state index in [1.807, 2.05) is 24.3 Å². The van der Waals surface area contributed by atoms with E-state index >= 15 is 0 Å². The van der Waals surface area contributed by atoms with Crippen LogP contribution in [0.25, 0.3) is 5.69 Å². The molecule has 0 N–H and O–H groups in total. The van der Waals surface area contributed by atoms with Crippen molar-refractivity contribution in [1.29, 1.82) is 0 Å². The normalized spacial score (nSPS) is 16.9. The number of hydrogen-bond donors (Lipinski definition) is 0. The van der Waals surface area contributed by atoms with E-state index in [0.717, 1.165) is 31.0 Å². The Kier molecular flexibility index (Phi) is 4.63. The van der Waals surface area contributed by atoms with Crippen LogP contribution in [0.5, 0.6) is 5.75 Å². The standard InChI is InChI=1S/C18H17ClN4O2/c19-13-4-1-6-15(10-13)25-12-17-21-18(16-7-3-9-24-16)23(22-17)14-5-2-8-20-11-14/h1-2,4-6,8,10-11,16H,3,7,9,12H2. The van der Waals surface area contributed by atoms with Crippen molar-refractivity contribution >= 4 is 11.6 Å². The first-order chi connectivity index (χ1) is 12.3. The maximum Gasteiger partial charge on any atom is 0.188 e. The molecule has 1 aliphatic rings. The quantitative estimate of drug-likeness (QED) is 0.696. The largest absolute Gasteiger partial charge is 0.485 e. The average Bonchev–Trinajstić information content (AvgIpc) is 3.30. The van der Waals surface area contributed by atoms with E-state index in [2.05, 4.69) is 15.1 Å². The van der Waals surface area contributed by atoms with Gasteiger partial charge in [0.15, 0.2) is 11.6 Å². The monoisotopic (exact) mass is 356 g/mol. The Bertz CT molecular complexity index is 847. The lowest BCUT2D eigenvalue weighted by molar-refractivity contribution is 0.103. The lowest BCUT2D eigenvalue weighted by Gasteiger charge is -2.10. The number of pyridine rings is 1. The van der Waals surface area contributed by atoms with E-state index < -0.39 is 0 Å². The van der Waals surface area contributed by atoms with E-state index in [1.165, 1.54) is 0 Å². The highest BCUT2D eigenvalue weighted by molar-refractivity contribution is 6.30. The first-order valence-electron chi connectivity index (χ1n) is 8.16. The zero-order valence-electron chi connectivity index (χ0n) is 13.5. The third-order valence-electron chi connectivity index (χ3n) is 3.95. The zero-order chi connectivity index (χ0) is 17.1. The van der Waals surface area contributed by atoms with Gasteiger partial charge in [-0.15, -0.1) is 5.10 Å². The molecule has 4 rings (SSSR count). The summed E-state index contributed by atoms with van der Waals surface area (Å²) in [5.74, 6) is 2.06. The van der Waals surface area contributed by atoms with E-state index in [1.54, 1.807) is 29.2 Å². The summed E-state index contributed by atoms with van der Waals surface area (Å²) in [6.45, 7) is 1.01. The van der Waals surface area contributed by atoms with Crippen LogP contribution in [0.2, 0.25) is 5.02 Å². The van der Waals surface area contributed by atoms with Gasteiger partial charge in [-0.25, -0.2) is 9.67 Å². The molecule has 0 saturated carbocycles. The second kappa shape index (κ2) is 7.21. The van der Waals surface area contributed by atoms with Gasteiger partial charge >= 0.3 is 0 Å². The molecule has 1 saturated heterocycles. The predicted molar refractivity (Wildman–Crippen MR) is 92.9 cm³/mol. The van der Waals surface area contributed by atoms with Crippen molar-refractivity contribution in [2.24, 2.45) is 0 Å². The van der Waals surface area contributed by atoms with Crippen molar-refractivity contribution in [1.82, 2.24) is 19.7 Å². The summed E-state index contributed by atoms with van der Waals surface area (Å²) in [6, 6.07) is 11.1. The number of aromatic nitrogens is 4. The Balaban J connectivity index is 1.60. The highest BCUT2D eigenvalue weighted by atomic mass is 35.5. The van der Waals surface area contributed by atoms with Crippen molar-refractivity contribution in [2.45, 2.75) is 25.6 Å². The Hall–Kier alpha value is -2.44. The van der Waals surface area contributed by atoms with Crippen molar-refractivity contribution < 1.29 is 9.47 Å². The van der Waals surface area contributed by atoms with Gasteiger partial charge in [-0.1, -0.05) is 17.7 Å². The van der Waals surface area contributed by atoms with Gasteiger partial charge in [-0.05, 0) is 43.2 Å². The summed E-state index contributed by atoms with van der Waals surface area (Å²) in [6.07, 6.45) is 5.41. The summed E-state index contributed by atoms with van der Waals surface area (Å²) < 4.78 is 13.3. The molecule has 7 heteroatoms. The lowest BCUT2D eigenvalue weighted by atomic mass is 10.2. The molecule has 3 heterocycles. The zero-order valence-corrected chi connectivity index (χ0v) is 14.3. The average molecular weight is 357 g/mol. The van der Waals surface area contributed by atoms with Crippen molar-refractivity contribution in [3.05, 3.63) is 65.5 Å². The van der Waals surface area contributed by atoms with Crippen LogP contribution in [0.15, 0.2) is 48.8 Å². The first-order valence-corrected chi connectivity index (χ1v) is 8.53. The summed E-state index contributed by atoms with van der Waals surface area (Å²) in [7, 11) is 0. The molecule has 0 aliphatic carbocycles. The third kappa shape index (κ3) is 3.65. The Morgan fingerprint density at radius 1 is 1.28 bits per heavy atom. The SMILES string of the molecule is Clc1cccc(OCc2nc(C3CCCO3)n(-c3cccnc3)n2)c1. The van der Waals surface area contributed by atoms with Crippen LogP contribution >= 0.6 is 11.6 Å². The van der Waals surface area contributed by atoms with Crippen molar-refractivity contribution in [3.8, 4) is 11.4 Å². The number of benzene rings is 1. The van der Waals surface area contributed by atoms with Crippen LogP contribution in [-0.4, -0.2) is 26.4 Å². The fourth-order valence-corrected chi connectivity index (χ4v) is 2.97. The fraction of sp³-hybridized carbons (Fsp3) is 0.278. The second-order valence-corrected chi connectivity index (χ2v) is 6.19. The molecule has 1 aliphatic heterocycles. The van der Waals surface area contributed by atoms with Gasteiger partial charge in [0.05, 0.1) is 11.9 Å². The molecular formula is C18H17ClN4O2. The molecule has 6 nitrogen and oxygen atoms in total. The third-order valence-corrected chi connectivity index (χ3v) is 4.18. The number of ether oxygens (including phenoxy) is 2. The fourth-order valence-electron chi connectivity index (χ4n) is 2.79. The molecule has 3 aromatic rings. The van der Waals surface area contributed by atoms with Gasteiger partial charge in [0, 0.05) is 17.8 Å². The maximum absolute atomic E-state index is 5.98. The van der Waals surface area contributed by atoms with Crippen LogP contribution in [0.3, 0.4) is 0 Å². The number of rotatable bonds is 5. The number of halogens is 1. The van der Waals surface area contributed by atoms with Crippen LogP contribution in [0.4, 0.5) is 0 Å². The highest BCUT2D eigenvalue weighted by Gasteiger charge is 2.25. The second-order valence-electron chi connectivity index (χ2n) is 5.76. The molecule has 0 bridgehead atoms. The molecule has 1 aromatic carbocycles. The van der Waals surface area contributed by atoms with E-state index in [4.69, 9.17) is 21.1 Å². The minimum absolute atomic E-state index is 0.0485. The molecule has 0 spiro atoms. The molecule has 0 amide bonds. The van der Waals surface area contributed by atoms with Gasteiger partial charge in [0.2, 0.25) is 0 Å². The van der Waals surface area contributed by atoms with Gasteiger partial charge in [0.25, 0.3) is 0 Å². The van der Waals surface area contributed by atoms with Gasteiger partial charge in [-0.2, -0.15) is 0 Å². The van der Waals surface area contributed by atoms with Gasteiger partial charge in [-0.3, -0.25) is 4.98 Å². The molecule has 0 radical (unpaired) electrons. The lowest BCUT2D eigenvalue weighted by Crippen LogP contribution is -2.08. The highest BCUT2D eigenvalue weighted by Crippen LogP contribution is 2.29. The summed E-state index contributed by atoms with van der Waals surface area (Å²) in [5, 5.41) is 5.22. The van der Waals surface area contributed by atoms with Crippen LogP contribution < -0.4 is 4.74 Å². The molecule has 1 fully saturated rings. The topological polar surface area (TPSA) is 62.1 Å². The van der Waals surface area contributed by atoms with Crippen LogP contribution in [0, 0.1) is 0 Å². The number of nitrogens with zero attached hydrogens (tertiary/aromatic N) is 4. The Morgan fingerprint density at radius 2 is 2.24 bits per heavy atom. The van der Waals surface area contributed by atoms with Crippen molar-refractivity contribution in [3.63, 3.8) is 0 Å². The van der Waals surface area contributed by atoms with Crippen LogP contribution in [0.1, 0.15) is 30.6 Å². The molecular weight excluding hydrogens is 340 g/mol. The Labute approximate surface area is 150 Å². The van der Waals surface area contributed by atoms with E-state index in [9.17, 15) is 0 Å². The Morgan fingerprint density at radius 3 is 3.00 bits per heavy atom. The molecule has 128 valence electrons. The summed E-state index contributed by atoms with van der Waals surface area (Å²) >= 11 is 5.98. The smallest absolute Gasteiger partial charge is 0.188 e. The van der Waals surface area contributed by atoms with E-state index in [-0.39, 0.29) is 12.7 Å². The van der Waals surface area contributed by atoms with Crippen LogP contribution in [-0.2, 0) is 11.3 Å². The molecule has 2 aromatic heterocycles. The van der Waals surface area contributed by atoms with E-state index in [0.29, 0.717) is 16.6 Å². The van der Waals surface area contributed by atoms with Gasteiger partial charge < -0.3 is 9.47 Å². The van der Waals surface area contributed by atoms with Crippen molar-refractivity contribution in [2.75, 3.05) is 6.61 Å². The van der Waals surface area contributed by atoms with Gasteiger partial charge in [0.1, 0.15) is 18.5 Å². The molecule has 1 atom stereocenters. The minimum Gasteiger partial charge on any atom is -0.485 e. The molecule has 1 unspecified atom stereocenters. The summed E-state index contributed by atoms with van der Waals surface area (Å²) in [5.41, 5.74) is 0.856. The summed E-state index contributed by atoms with van der Waals surface area (Å²) in [4.78, 5) is 8.81. The molecule has 25 heavy (non-hydrogen) atoms. The first kappa shape index (κ1) is 16.1. The minimum atomic E-state index is -0.0485. The maximum atomic E-state index is 5.98.